The van der Waals surface area contributed by atoms with Gasteiger partial charge in [0.1, 0.15) is 0 Å². The van der Waals surface area contributed by atoms with Crippen LogP contribution in [0.3, 0.4) is 0 Å². The summed E-state index contributed by atoms with van der Waals surface area (Å²) in [6.45, 7) is 1.92. The molecule has 1 fully saturated rings. The molecule has 0 saturated heterocycles. The summed E-state index contributed by atoms with van der Waals surface area (Å²) in [7, 11) is 0. The van der Waals surface area contributed by atoms with Gasteiger partial charge in [0.15, 0.2) is 0 Å². The molecule has 0 unspecified atom stereocenters. The first kappa shape index (κ1) is 8.31. The van der Waals surface area contributed by atoms with E-state index in [1.165, 1.54) is 0 Å². The van der Waals surface area contributed by atoms with Gasteiger partial charge in [0.25, 0.3) is 0 Å². The van der Waals surface area contributed by atoms with Crippen molar-refractivity contribution in [1.82, 2.24) is 0 Å². The van der Waals surface area contributed by atoms with Crippen molar-refractivity contribution in [3.8, 4) is 0 Å². The molecule has 1 rings (SSSR count). The van der Waals surface area contributed by atoms with Crippen LogP contribution < -0.4 is 0 Å². The molecule has 0 amide bonds. The number of aliphatic carboxylic acids is 1. The van der Waals surface area contributed by atoms with E-state index >= 15 is 0 Å². The van der Waals surface area contributed by atoms with E-state index in [4.69, 9.17) is 5.11 Å². The van der Waals surface area contributed by atoms with Gasteiger partial charge >= 0.3 is 5.97 Å². The number of hydrogen-bond acceptors (Lipinski definition) is 1. The van der Waals surface area contributed by atoms with Gasteiger partial charge in [0, 0.05) is 0 Å². The van der Waals surface area contributed by atoms with E-state index < -0.39 is 11.4 Å². The average Bonchev–Trinajstić information content (AvgIpc) is 1.85. The van der Waals surface area contributed by atoms with E-state index in [9.17, 15) is 4.79 Å². The van der Waals surface area contributed by atoms with Crippen LogP contribution in [-0.2, 0) is 4.79 Å². The maximum atomic E-state index is 10.8. The van der Waals surface area contributed by atoms with Crippen molar-refractivity contribution < 1.29 is 9.90 Å². The smallest absolute Gasteiger partial charge is 0.309 e. The Hall–Kier alpha value is -0.790. The van der Waals surface area contributed by atoms with Crippen molar-refractivity contribution in [3.05, 3.63) is 12.2 Å². The first-order valence-corrected chi connectivity index (χ1v) is 4.06. The number of allylic oxidation sites excluding steroid dienone is 2. The highest BCUT2D eigenvalue weighted by Gasteiger charge is 2.42. The Labute approximate surface area is 66.9 Å². The van der Waals surface area contributed by atoms with Crippen LogP contribution in [0.5, 0.6) is 0 Å². The fourth-order valence-electron chi connectivity index (χ4n) is 1.45. The molecular formula is C9H14O2. The standard InChI is InChI=1S/C9H14O2/c1-2-3-5-9(8(10)11)6-4-7-9/h2-3H,4-7H2,1H3,(H,10,11). The van der Waals surface area contributed by atoms with Crippen LogP contribution in [0, 0.1) is 5.41 Å². The average molecular weight is 154 g/mol. The zero-order valence-corrected chi connectivity index (χ0v) is 6.84. The summed E-state index contributed by atoms with van der Waals surface area (Å²) in [4.78, 5) is 10.8. The summed E-state index contributed by atoms with van der Waals surface area (Å²) in [6.07, 6.45) is 7.36. The molecule has 0 bridgehead atoms. The Morgan fingerprint density at radius 3 is 2.55 bits per heavy atom. The quantitative estimate of drug-likeness (QED) is 0.633. The fraction of sp³-hybridized carbons (Fsp3) is 0.667. The summed E-state index contributed by atoms with van der Waals surface area (Å²) in [5.74, 6) is -0.623. The maximum Gasteiger partial charge on any atom is 0.309 e. The molecule has 0 aliphatic heterocycles. The Bertz CT molecular complexity index is 178. The molecule has 0 radical (unpaired) electrons. The molecule has 0 aromatic carbocycles. The molecule has 0 atom stereocenters. The second-order valence-corrected chi connectivity index (χ2v) is 3.21. The van der Waals surface area contributed by atoms with Gasteiger partial charge in [0.05, 0.1) is 5.41 Å². The predicted molar refractivity (Wildman–Crippen MR) is 43.4 cm³/mol. The van der Waals surface area contributed by atoms with Gasteiger partial charge in [0.2, 0.25) is 0 Å². The normalized spacial score (nSPS) is 21.5. The molecule has 11 heavy (non-hydrogen) atoms. The van der Waals surface area contributed by atoms with Gasteiger partial charge in [-0.2, -0.15) is 0 Å². The van der Waals surface area contributed by atoms with E-state index in [2.05, 4.69) is 0 Å². The highest BCUT2D eigenvalue weighted by atomic mass is 16.4. The van der Waals surface area contributed by atoms with E-state index in [1.54, 1.807) is 0 Å². The molecule has 1 aliphatic rings. The summed E-state index contributed by atoms with van der Waals surface area (Å²) < 4.78 is 0. The Kier molecular flexibility index (Phi) is 2.32. The highest BCUT2D eigenvalue weighted by molar-refractivity contribution is 5.75. The van der Waals surface area contributed by atoms with Gasteiger partial charge < -0.3 is 5.11 Å². The van der Waals surface area contributed by atoms with Crippen LogP contribution in [0.25, 0.3) is 0 Å². The van der Waals surface area contributed by atoms with Gasteiger partial charge in [-0.05, 0) is 26.2 Å². The van der Waals surface area contributed by atoms with Crippen LogP contribution in [0.15, 0.2) is 12.2 Å². The summed E-state index contributed by atoms with van der Waals surface area (Å²) in [5, 5.41) is 8.88. The van der Waals surface area contributed by atoms with E-state index in [1.807, 2.05) is 19.1 Å². The number of carbonyl (C=O) groups is 1. The molecule has 0 spiro atoms. The second-order valence-electron chi connectivity index (χ2n) is 3.21. The van der Waals surface area contributed by atoms with Crippen molar-refractivity contribution in [2.75, 3.05) is 0 Å². The highest BCUT2D eigenvalue weighted by Crippen LogP contribution is 2.44. The van der Waals surface area contributed by atoms with Crippen LogP contribution in [0.1, 0.15) is 32.6 Å². The van der Waals surface area contributed by atoms with E-state index in [0.29, 0.717) is 6.42 Å². The van der Waals surface area contributed by atoms with Gasteiger partial charge in [-0.25, -0.2) is 0 Å². The number of carboxylic acid groups (broad SMARTS) is 1. The van der Waals surface area contributed by atoms with Gasteiger partial charge in [-0.3, -0.25) is 4.79 Å². The summed E-state index contributed by atoms with van der Waals surface area (Å²) in [5.41, 5.74) is -0.396. The van der Waals surface area contributed by atoms with E-state index in [0.717, 1.165) is 19.3 Å². The van der Waals surface area contributed by atoms with Crippen LogP contribution in [0.2, 0.25) is 0 Å². The van der Waals surface area contributed by atoms with Crippen molar-refractivity contribution in [2.45, 2.75) is 32.6 Å². The lowest BCUT2D eigenvalue weighted by molar-refractivity contribution is -0.154. The minimum Gasteiger partial charge on any atom is -0.481 e. The zero-order valence-electron chi connectivity index (χ0n) is 6.84. The fourth-order valence-corrected chi connectivity index (χ4v) is 1.45. The lowest BCUT2D eigenvalue weighted by Crippen LogP contribution is -2.37. The third-order valence-electron chi connectivity index (χ3n) is 2.51. The number of hydrogen-bond donors (Lipinski definition) is 1. The van der Waals surface area contributed by atoms with Crippen molar-refractivity contribution in [1.29, 1.82) is 0 Å². The molecule has 1 N–H and O–H groups in total. The zero-order chi connectivity index (χ0) is 8.32. The Balaban J connectivity index is 2.53. The largest absolute Gasteiger partial charge is 0.481 e. The second kappa shape index (κ2) is 3.07. The molecular weight excluding hydrogens is 140 g/mol. The molecule has 0 aromatic heterocycles. The first-order valence-electron chi connectivity index (χ1n) is 4.06. The van der Waals surface area contributed by atoms with Crippen molar-refractivity contribution >= 4 is 5.97 Å². The lowest BCUT2D eigenvalue weighted by Gasteiger charge is -2.36. The molecule has 2 heteroatoms. The molecule has 62 valence electrons. The van der Waals surface area contributed by atoms with Crippen molar-refractivity contribution in [3.63, 3.8) is 0 Å². The topological polar surface area (TPSA) is 37.3 Å². The van der Waals surface area contributed by atoms with Gasteiger partial charge in [-0.1, -0.05) is 18.6 Å². The van der Waals surface area contributed by atoms with Crippen LogP contribution in [0.4, 0.5) is 0 Å². The number of carboxylic acids is 1. The third-order valence-corrected chi connectivity index (χ3v) is 2.51. The number of rotatable bonds is 3. The van der Waals surface area contributed by atoms with Crippen molar-refractivity contribution in [2.24, 2.45) is 5.41 Å². The minimum atomic E-state index is -0.623. The molecule has 2 nitrogen and oxygen atoms in total. The SMILES string of the molecule is CC=CCC1(C(=O)O)CCC1. The first-order chi connectivity index (χ1) is 5.21. The Morgan fingerprint density at radius 1 is 1.64 bits per heavy atom. The minimum absolute atomic E-state index is 0.396. The lowest BCUT2D eigenvalue weighted by atomic mass is 9.67. The summed E-state index contributed by atoms with van der Waals surface area (Å²) >= 11 is 0. The maximum absolute atomic E-state index is 10.8. The molecule has 0 heterocycles. The molecule has 0 aromatic rings. The van der Waals surface area contributed by atoms with E-state index in [-0.39, 0.29) is 0 Å². The monoisotopic (exact) mass is 154 g/mol. The summed E-state index contributed by atoms with van der Waals surface area (Å²) in [6, 6.07) is 0. The molecule has 1 aliphatic carbocycles. The predicted octanol–water partition coefficient (Wildman–Crippen LogP) is 2.21. The van der Waals surface area contributed by atoms with Crippen LogP contribution in [-0.4, -0.2) is 11.1 Å². The van der Waals surface area contributed by atoms with Crippen LogP contribution >= 0.6 is 0 Å². The van der Waals surface area contributed by atoms with Gasteiger partial charge in [-0.15, -0.1) is 0 Å². The Morgan fingerprint density at radius 2 is 2.27 bits per heavy atom. The molecule has 1 saturated carbocycles. The third kappa shape index (κ3) is 1.44.